The Labute approximate surface area is 194 Å². The molecule has 0 aliphatic carbocycles. The Morgan fingerprint density at radius 3 is 2.18 bits per heavy atom. The summed E-state index contributed by atoms with van der Waals surface area (Å²) >= 11 is 0. The van der Waals surface area contributed by atoms with Crippen LogP contribution in [0.3, 0.4) is 0 Å². The summed E-state index contributed by atoms with van der Waals surface area (Å²) in [5.74, 6) is 0.522. The average Bonchev–Trinajstić information content (AvgIpc) is 2.82. The largest absolute Gasteiger partial charge is 0.493 e. The van der Waals surface area contributed by atoms with Gasteiger partial charge in [-0.2, -0.15) is 13.2 Å². The predicted molar refractivity (Wildman–Crippen MR) is 127 cm³/mol. The number of nitrogens with one attached hydrogen (secondary N) is 1. The standard InChI is InChI=1S/C27H22F3NO3/c1-16-7-9-17(10-8-16)22-12-19(11-18-13-24(33-2)25(34-3)15-23(18)22)26(32)31-21-6-4-5-20(14-21)27(28,29)30/h4-15H,1-3H3,(H,31,32). The Balaban J connectivity index is 1.83. The van der Waals surface area contributed by atoms with Crippen LogP contribution >= 0.6 is 0 Å². The molecule has 4 aromatic carbocycles. The molecule has 0 radical (unpaired) electrons. The third kappa shape index (κ3) is 4.69. The fourth-order valence-corrected chi connectivity index (χ4v) is 3.77. The van der Waals surface area contributed by atoms with Gasteiger partial charge in [-0.05, 0) is 71.3 Å². The number of ether oxygens (including phenoxy) is 2. The molecule has 1 amide bonds. The van der Waals surface area contributed by atoms with E-state index in [-0.39, 0.29) is 5.69 Å². The molecule has 0 aliphatic heterocycles. The zero-order valence-corrected chi connectivity index (χ0v) is 18.8. The molecule has 7 heteroatoms. The Morgan fingerprint density at radius 2 is 1.53 bits per heavy atom. The minimum Gasteiger partial charge on any atom is -0.493 e. The van der Waals surface area contributed by atoms with E-state index >= 15 is 0 Å². The van der Waals surface area contributed by atoms with Gasteiger partial charge in [-0.1, -0.05) is 35.9 Å². The maximum atomic E-state index is 13.1. The first-order chi connectivity index (χ1) is 16.2. The van der Waals surface area contributed by atoms with E-state index in [1.807, 2.05) is 37.3 Å². The number of methoxy groups -OCH3 is 2. The Morgan fingerprint density at radius 1 is 0.853 bits per heavy atom. The minimum absolute atomic E-state index is 0.0594. The lowest BCUT2D eigenvalue weighted by molar-refractivity contribution is -0.137. The Hall–Kier alpha value is -4.00. The van der Waals surface area contributed by atoms with Crippen molar-refractivity contribution >= 4 is 22.4 Å². The number of aryl methyl sites for hydroxylation is 1. The van der Waals surface area contributed by atoms with Gasteiger partial charge in [-0.25, -0.2) is 0 Å². The van der Waals surface area contributed by atoms with Crippen molar-refractivity contribution in [3.8, 4) is 22.6 Å². The second-order valence-electron chi connectivity index (χ2n) is 7.85. The van der Waals surface area contributed by atoms with Gasteiger partial charge in [0.25, 0.3) is 5.91 Å². The van der Waals surface area contributed by atoms with Crippen molar-refractivity contribution in [1.29, 1.82) is 0 Å². The van der Waals surface area contributed by atoms with Crippen molar-refractivity contribution in [2.75, 3.05) is 19.5 Å². The first kappa shape index (κ1) is 23.2. The first-order valence-corrected chi connectivity index (χ1v) is 10.4. The molecule has 0 fully saturated rings. The van der Waals surface area contributed by atoms with Gasteiger partial charge >= 0.3 is 6.18 Å². The molecular formula is C27H22F3NO3. The van der Waals surface area contributed by atoms with Crippen molar-refractivity contribution in [1.82, 2.24) is 0 Å². The lowest BCUT2D eigenvalue weighted by atomic mass is 9.94. The van der Waals surface area contributed by atoms with Crippen LogP contribution in [0.15, 0.2) is 72.8 Å². The van der Waals surface area contributed by atoms with E-state index < -0.39 is 17.6 Å². The molecule has 4 aromatic rings. The van der Waals surface area contributed by atoms with Gasteiger partial charge in [0.1, 0.15) is 0 Å². The summed E-state index contributed by atoms with van der Waals surface area (Å²) in [7, 11) is 3.07. The topological polar surface area (TPSA) is 47.6 Å². The highest BCUT2D eigenvalue weighted by molar-refractivity contribution is 6.10. The highest BCUT2D eigenvalue weighted by Crippen LogP contribution is 2.38. The van der Waals surface area contributed by atoms with Crippen LogP contribution in [0, 0.1) is 6.92 Å². The van der Waals surface area contributed by atoms with Gasteiger partial charge in [0.05, 0.1) is 19.8 Å². The maximum Gasteiger partial charge on any atom is 0.416 e. The zero-order chi connectivity index (χ0) is 24.5. The van der Waals surface area contributed by atoms with Crippen molar-refractivity contribution in [2.24, 2.45) is 0 Å². The minimum atomic E-state index is -4.50. The summed E-state index contributed by atoms with van der Waals surface area (Å²) < 4.78 is 50.1. The number of benzene rings is 4. The molecule has 0 heterocycles. The summed E-state index contributed by atoms with van der Waals surface area (Å²) in [5.41, 5.74) is 2.28. The molecule has 4 rings (SSSR count). The third-order valence-corrected chi connectivity index (χ3v) is 5.53. The Kier molecular flexibility index (Phi) is 6.20. The SMILES string of the molecule is COc1cc2cc(C(=O)Nc3cccc(C(F)(F)F)c3)cc(-c3ccc(C)cc3)c2cc1OC. The molecule has 0 bridgehead atoms. The summed E-state index contributed by atoms with van der Waals surface area (Å²) in [5, 5.41) is 4.15. The molecule has 174 valence electrons. The van der Waals surface area contributed by atoms with Crippen LogP contribution in [0.25, 0.3) is 21.9 Å². The molecule has 34 heavy (non-hydrogen) atoms. The summed E-state index contributed by atoms with van der Waals surface area (Å²) in [6.07, 6.45) is -4.50. The highest BCUT2D eigenvalue weighted by Gasteiger charge is 2.30. The van der Waals surface area contributed by atoms with Crippen LogP contribution in [-0.4, -0.2) is 20.1 Å². The second kappa shape index (κ2) is 9.09. The van der Waals surface area contributed by atoms with E-state index in [2.05, 4.69) is 5.32 Å². The summed E-state index contributed by atoms with van der Waals surface area (Å²) in [6, 6.07) is 19.4. The lowest BCUT2D eigenvalue weighted by Gasteiger charge is -2.15. The maximum absolute atomic E-state index is 13.1. The molecule has 0 unspecified atom stereocenters. The molecule has 0 aromatic heterocycles. The van der Waals surface area contributed by atoms with E-state index in [1.165, 1.54) is 19.2 Å². The van der Waals surface area contributed by atoms with Crippen LogP contribution < -0.4 is 14.8 Å². The molecule has 0 atom stereocenters. The van der Waals surface area contributed by atoms with Crippen molar-refractivity contribution in [2.45, 2.75) is 13.1 Å². The van der Waals surface area contributed by atoms with Crippen LogP contribution in [0.4, 0.5) is 18.9 Å². The predicted octanol–water partition coefficient (Wildman–Crippen LogP) is 7.10. The number of halogens is 3. The fraction of sp³-hybridized carbons (Fsp3) is 0.148. The molecule has 0 aliphatic rings. The number of alkyl halides is 3. The van der Waals surface area contributed by atoms with Gasteiger partial charge in [0.15, 0.2) is 11.5 Å². The van der Waals surface area contributed by atoms with Crippen molar-refractivity contribution in [3.63, 3.8) is 0 Å². The summed E-state index contributed by atoms with van der Waals surface area (Å²) in [6.45, 7) is 1.98. The molecule has 4 nitrogen and oxygen atoms in total. The van der Waals surface area contributed by atoms with Crippen LogP contribution in [0.1, 0.15) is 21.5 Å². The summed E-state index contributed by atoms with van der Waals surface area (Å²) in [4.78, 5) is 13.1. The van der Waals surface area contributed by atoms with E-state index in [0.717, 1.165) is 39.6 Å². The van der Waals surface area contributed by atoms with Gasteiger partial charge in [-0.15, -0.1) is 0 Å². The number of rotatable bonds is 5. The van der Waals surface area contributed by atoms with Crippen LogP contribution in [-0.2, 0) is 6.18 Å². The number of fused-ring (bicyclic) bond motifs is 1. The molecule has 0 saturated carbocycles. The van der Waals surface area contributed by atoms with E-state index in [9.17, 15) is 18.0 Å². The quantitative estimate of drug-likeness (QED) is 0.342. The number of hydrogen-bond acceptors (Lipinski definition) is 3. The van der Waals surface area contributed by atoms with Crippen LogP contribution in [0.2, 0.25) is 0 Å². The number of carbonyl (C=O) groups excluding carboxylic acids is 1. The normalized spacial score (nSPS) is 11.4. The highest BCUT2D eigenvalue weighted by atomic mass is 19.4. The van der Waals surface area contributed by atoms with Crippen molar-refractivity contribution in [3.05, 3.63) is 89.5 Å². The number of anilines is 1. The fourth-order valence-electron chi connectivity index (χ4n) is 3.77. The monoisotopic (exact) mass is 465 g/mol. The molecule has 0 spiro atoms. The molecular weight excluding hydrogens is 443 g/mol. The lowest BCUT2D eigenvalue weighted by Crippen LogP contribution is -2.13. The number of carbonyl (C=O) groups is 1. The number of amides is 1. The van der Waals surface area contributed by atoms with Gasteiger partial charge in [0.2, 0.25) is 0 Å². The number of hydrogen-bond donors (Lipinski definition) is 1. The van der Waals surface area contributed by atoms with Gasteiger partial charge < -0.3 is 14.8 Å². The van der Waals surface area contributed by atoms with E-state index in [0.29, 0.717) is 17.1 Å². The van der Waals surface area contributed by atoms with Crippen LogP contribution in [0.5, 0.6) is 11.5 Å². The van der Waals surface area contributed by atoms with Crippen molar-refractivity contribution < 1.29 is 27.4 Å². The second-order valence-corrected chi connectivity index (χ2v) is 7.85. The molecule has 0 saturated heterocycles. The van der Waals surface area contributed by atoms with E-state index in [4.69, 9.17) is 9.47 Å². The average molecular weight is 465 g/mol. The Bertz CT molecular complexity index is 1360. The van der Waals surface area contributed by atoms with E-state index in [1.54, 1.807) is 25.3 Å². The van der Waals surface area contributed by atoms with Gasteiger partial charge in [0, 0.05) is 11.3 Å². The first-order valence-electron chi connectivity index (χ1n) is 10.4. The third-order valence-electron chi connectivity index (χ3n) is 5.53. The zero-order valence-electron chi connectivity index (χ0n) is 18.8. The smallest absolute Gasteiger partial charge is 0.416 e. The molecule has 1 N–H and O–H groups in total. The van der Waals surface area contributed by atoms with Gasteiger partial charge in [-0.3, -0.25) is 4.79 Å².